The summed E-state index contributed by atoms with van der Waals surface area (Å²) in [6.45, 7) is 11.7. The second-order valence-electron chi connectivity index (χ2n) is 9.96. The summed E-state index contributed by atoms with van der Waals surface area (Å²) in [6, 6.07) is 17.7. The molecule has 0 saturated heterocycles. The van der Waals surface area contributed by atoms with Crippen molar-refractivity contribution in [3.63, 3.8) is 0 Å². The molecule has 0 fully saturated rings. The molecule has 0 bridgehead atoms. The normalized spacial score (nSPS) is 13.5. The summed E-state index contributed by atoms with van der Waals surface area (Å²) in [5, 5.41) is 13.8. The zero-order valence-electron chi connectivity index (χ0n) is 24.9. The lowest BCUT2D eigenvalue weighted by Crippen LogP contribution is -2.38. The van der Waals surface area contributed by atoms with Crippen LogP contribution in [0.15, 0.2) is 60.8 Å². The first-order valence-corrected chi connectivity index (χ1v) is 14.4. The van der Waals surface area contributed by atoms with E-state index in [2.05, 4.69) is 28.2 Å². The highest BCUT2D eigenvalue weighted by Crippen LogP contribution is 2.34. The van der Waals surface area contributed by atoms with Crippen molar-refractivity contribution in [2.75, 3.05) is 19.8 Å². The molecule has 0 aliphatic carbocycles. The summed E-state index contributed by atoms with van der Waals surface area (Å²) in [5.41, 5.74) is 6.03. The Morgan fingerprint density at radius 2 is 1.88 bits per heavy atom. The van der Waals surface area contributed by atoms with Gasteiger partial charge < -0.3 is 14.6 Å². The van der Waals surface area contributed by atoms with Crippen LogP contribution in [-0.4, -0.2) is 56.6 Å². The number of halogens is 1. The standard InChI is InChI=1S/C31H33FN4O4.C2H6/c1-4-39-30-26(31(37)38)17-33-36(30)28-10-6-9-27(34-28)25-8-5-7-20(2)29(25)40-19-22-11-12-24-18-35(21(3)16-32)14-13-23(24)15-22;1-2/h5-12,15,17,21H,4,13-14,16,18-19H2,1-3H3,(H,37,38);1-2H3. The van der Waals surface area contributed by atoms with Gasteiger partial charge in [0.15, 0.2) is 5.82 Å². The molecule has 8 nitrogen and oxygen atoms in total. The number of benzene rings is 2. The molecule has 5 rings (SSSR count). The van der Waals surface area contributed by atoms with Gasteiger partial charge in [0.2, 0.25) is 5.88 Å². The molecule has 1 N–H and O–H groups in total. The van der Waals surface area contributed by atoms with Gasteiger partial charge in [-0.3, -0.25) is 4.90 Å². The first-order chi connectivity index (χ1) is 20.4. The third kappa shape index (κ3) is 6.62. The molecule has 42 heavy (non-hydrogen) atoms. The fraction of sp³-hybridized carbons (Fsp3) is 0.364. The number of aromatic carboxylic acids is 1. The highest BCUT2D eigenvalue weighted by atomic mass is 19.1. The quantitative estimate of drug-likeness (QED) is 0.227. The molecule has 0 radical (unpaired) electrons. The van der Waals surface area contributed by atoms with Gasteiger partial charge in [-0.05, 0) is 67.6 Å². The van der Waals surface area contributed by atoms with Crippen LogP contribution < -0.4 is 9.47 Å². The molecular weight excluding hydrogens is 535 g/mol. The lowest BCUT2D eigenvalue weighted by molar-refractivity contribution is 0.0692. The van der Waals surface area contributed by atoms with Gasteiger partial charge in [0.05, 0.1) is 18.5 Å². The Labute approximate surface area is 246 Å². The van der Waals surface area contributed by atoms with E-state index in [0.29, 0.717) is 24.7 Å². The van der Waals surface area contributed by atoms with E-state index in [0.717, 1.165) is 42.0 Å². The van der Waals surface area contributed by atoms with Crippen molar-refractivity contribution in [2.24, 2.45) is 0 Å². The number of carboxylic acids is 1. The van der Waals surface area contributed by atoms with E-state index >= 15 is 0 Å². The van der Waals surface area contributed by atoms with Gasteiger partial charge in [-0.25, -0.2) is 14.2 Å². The van der Waals surface area contributed by atoms with Gasteiger partial charge >= 0.3 is 5.97 Å². The van der Waals surface area contributed by atoms with Crippen LogP contribution in [0.1, 0.15) is 60.3 Å². The summed E-state index contributed by atoms with van der Waals surface area (Å²) >= 11 is 0. The highest BCUT2D eigenvalue weighted by molar-refractivity contribution is 5.90. The van der Waals surface area contributed by atoms with Crippen LogP contribution in [0.5, 0.6) is 11.6 Å². The Kier molecular flexibility index (Phi) is 10.3. The van der Waals surface area contributed by atoms with E-state index in [9.17, 15) is 14.3 Å². The van der Waals surface area contributed by atoms with E-state index in [4.69, 9.17) is 14.5 Å². The first kappa shape index (κ1) is 30.7. The molecule has 1 atom stereocenters. The Balaban J connectivity index is 0.00000198. The number of aryl methyl sites for hydroxylation is 1. The third-order valence-electron chi connectivity index (χ3n) is 7.22. The number of fused-ring (bicyclic) bond motifs is 1. The van der Waals surface area contributed by atoms with E-state index in [1.165, 1.54) is 22.0 Å². The molecule has 0 spiro atoms. The summed E-state index contributed by atoms with van der Waals surface area (Å²) in [5.74, 6) is 0.181. The number of ether oxygens (including phenoxy) is 2. The van der Waals surface area contributed by atoms with Crippen molar-refractivity contribution in [2.45, 2.75) is 60.2 Å². The molecule has 2 aromatic carbocycles. The van der Waals surface area contributed by atoms with Crippen molar-refractivity contribution in [1.82, 2.24) is 19.7 Å². The zero-order chi connectivity index (χ0) is 30.2. The fourth-order valence-electron chi connectivity index (χ4n) is 5.01. The number of aromatic nitrogens is 3. The minimum Gasteiger partial charge on any atom is -0.488 e. The lowest BCUT2D eigenvalue weighted by atomic mass is 9.96. The van der Waals surface area contributed by atoms with Gasteiger partial charge in [-0.15, -0.1) is 0 Å². The topological polar surface area (TPSA) is 89.7 Å². The van der Waals surface area contributed by atoms with Gasteiger partial charge in [-0.2, -0.15) is 9.78 Å². The summed E-state index contributed by atoms with van der Waals surface area (Å²) in [4.78, 5) is 18.6. The number of rotatable bonds is 10. The summed E-state index contributed by atoms with van der Waals surface area (Å²) in [7, 11) is 0. The predicted octanol–water partition coefficient (Wildman–Crippen LogP) is 6.66. The van der Waals surface area contributed by atoms with Gasteiger partial charge in [0, 0.05) is 24.7 Å². The number of nitrogens with zero attached hydrogens (tertiary/aromatic N) is 4. The number of pyridine rings is 1. The molecular formula is C33H39FN4O4. The Bertz CT molecular complexity index is 1520. The van der Waals surface area contributed by atoms with Crippen molar-refractivity contribution < 1.29 is 23.8 Å². The van der Waals surface area contributed by atoms with Crippen LogP contribution in [0, 0.1) is 6.92 Å². The van der Waals surface area contributed by atoms with E-state index in [-0.39, 0.29) is 24.2 Å². The monoisotopic (exact) mass is 574 g/mol. The SMILES string of the molecule is CC.CCOc1c(C(=O)O)cnn1-c1cccc(-c2cccc(C)c2OCc2ccc3c(c2)CCN(C(C)CF)C3)n1. The second-order valence-corrected chi connectivity index (χ2v) is 9.96. The Morgan fingerprint density at radius 1 is 1.10 bits per heavy atom. The highest BCUT2D eigenvalue weighted by Gasteiger charge is 2.22. The maximum atomic E-state index is 13.2. The van der Waals surface area contributed by atoms with E-state index in [1.54, 1.807) is 13.0 Å². The van der Waals surface area contributed by atoms with Crippen molar-refractivity contribution in [3.8, 4) is 28.7 Å². The molecule has 0 amide bonds. The lowest BCUT2D eigenvalue weighted by Gasteiger charge is -2.32. The maximum Gasteiger partial charge on any atom is 0.342 e. The minimum absolute atomic E-state index is 0.0247. The van der Waals surface area contributed by atoms with Gasteiger partial charge in [0.1, 0.15) is 24.6 Å². The average molecular weight is 575 g/mol. The molecule has 1 aliphatic heterocycles. The average Bonchev–Trinajstić information content (AvgIpc) is 3.45. The number of hydrogen-bond donors (Lipinski definition) is 1. The predicted molar refractivity (Wildman–Crippen MR) is 161 cm³/mol. The number of carboxylic acid groups (broad SMARTS) is 1. The number of carbonyl (C=O) groups is 1. The van der Waals surface area contributed by atoms with Gasteiger partial charge in [0.25, 0.3) is 0 Å². The van der Waals surface area contributed by atoms with Crippen molar-refractivity contribution in [3.05, 3.63) is 88.6 Å². The molecule has 3 heterocycles. The molecule has 222 valence electrons. The van der Waals surface area contributed by atoms with E-state index in [1.807, 2.05) is 58.0 Å². The minimum atomic E-state index is -1.12. The Morgan fingerprint density at radius 3 is 2.62 bits per heavy atom. The molecule has 0 saturated carbocycles. The smallest absolute Gasteiger partial charge is 0.342 e. The van der Waals surface area contributed by atoms with Crippen LogP contribution >= 0.6 is 0 Å². The molecule has 1 aliphatic rings. The molecule has 4 aromatic rings. The van der Waals surface area contributed by atoms with Crippen LogP contribution in [0.4, 0.5) is 4.39 Å². The zero-order valence-corrected chi connectivity index (χ0v) is 24.9. The van der Waals surface area contributed by atoms with E-state index < -0.39 is 5.97 Å². The maximum absolute atomic E-state index is 13.2. The molecule has 2 aromatic heterocycles. The number of para-hydroxylation sites is 1. The van der Waals surface area contributed by atoms with Crippen LogP contribution in [0.3, 0.4) is 0 Å². The van der Waals surface area contributed by atoms with Gasteiger partial charge in [-0.1, -0.05) is 50.2 Å². The Hall–Kier alpha value is -4.24. The van der Waals surface area contributed by atoms with Crippen LogP contribution in [-0.2, 0) is 19.6 Å². The van der Waals surface area contributed by atoms with Crippen LogP contribution in [0.25, 0.3) is 17.1 Å². The fourth-order valence-corrected chi connectivity index (χ4v) is 5.01. The number of hydrogen-bond acceptors (Lipinski definition) is 6. The molecule has 1 unspecified atom stereocenters. The van der Waals surface area contributed by atoms with Crippen molar-refractivity contribution in [1.29, 1.82) is 0 Å². The largest absolute Gasteiger partial charge is 0.488 e. The van der Waals surface area contributed by atoms with Crippen LogP contribution in [0.2, 0.25) is 0 Å². The van der Waals surface area contributed by atoms with Crippen molar-refractivity contribution >= 4 is 5.97 Å². The first-order valence-electron chi connectivity index (χ1n) is 14.4. The second kappa shape index (κ2) is 14.1. The molecule has 9 heteroatoms. The summed E-state index contributed by atoms with van der Waals surface area (Å²) < 4.78 is 26.5. The summed E-state index contributed by atoms with van der Waals surface area (Å²) in [6.07, 6.45) is 2.15. The third-order valence-corrected chi connectivity index (χ3v) is 7.22. The number of alkyl halides is 1.